The van der Waals surface area contributed by atoms with Gasteiger partial charge in [0.2, 0.25) is 0 Å². The minimum Gasteiger partial charge on any atom is -0.309 e. The van der Waals surface area contributed by atoms with Gasteiger partial charge in [0.25, 0.3) is 0 Å². The molecule has 0 aromatic carbocycles. The van der Waals surface area contributed by atoms with Gasteiger partial charge in [0.15, 0.2) is 0 Å². The fourth-order valence-corrected chi connectivity index (χ4v) is 1.72. The van der Waals surface area contributed by atoms with E-state index in [0.29, 0.717) is 12.0 Å². The van der Waals surface area contributed by atoms with Gasteiger partial charge in [-0.1, -0.05) is 20.8 Å². The minimum atomic E-state index is 0.408. The molecule has 1 rings (SSSR count). The van der Waals surface area contributed by atoms with E-state index in [0.717, 1.165) is 13.0 Å². The molecule has 1 atom stereocenters. The molecule has 0 spiro atoms. The number of hydrogen-bond acceptors (Lipinski definition) is 2. The lowest BCUT2D eigenvalue weighted by Crippen LogP contribution is -2.24. The summed E-state index contributed by atoms with van der Waals surface area (Å²) >= 11 is 0. The maximum absolute atomic E-state index is 4.47. The van der Waals surface area contributed by atoms with Crippen molar-refractivity contribution in [1.29, 1.82) is 0 Å². The maximum atomic E-state index is 4.47. The number of rotatable bonds is 6. The van der Waals surface area contributed by atoms with Crippen LogP contribution in [0.25, 0.3) is 0 Å². The van der Waals surface area contributed by atoms with E-state index < -0.39 is 0 Å². The molecule has 1 N–H and O–H groups in total. The van der Waals surface area contributed by atoms with Crippen molar-refractivity contribution in [3.05, 3.63) is 18.0 Å². The van der Waals surface area contributed by atoms with Crippen molar-refractivity contribution in [2.24, 2.45) is 13.0 Å². The molecular formula is C12H23N3. The van der Waals surface area contributed by atoms with Gasteiger partial charge in [-0.25, -0.2) is 0 Å². The van der Waals surface area contributed by atoms with E-state index in [1.54, 1.807) is 0 Å². The van der Waals surface area contributed by atoms with Crippen LogP contribution in [0.3, 0.4) is 0 Å². The minimum absolute atomic E-state index is 0.408. The molecule has 0 aliphatic heterocycles. The van der Waals surface area contributed by atoms with Crippen LogP contribution in [-0.2, 0) is 7.05 Å². The van der Waals surface area contributed by atoms with Crippen LogP contribution < -0.4 is 5.32 Å². The van der Waals surface area contributed by atoms with Gasteiger partial charge in [0.05, 0.1) is 11.7 Å². The predicted octanol–water partition coefficient (Wildman–Crippen LogP) is 2.51. The fraction of sp³-hybridized carbons (Fsp3) is 0.750. The third-order valence-corrected chi connectivity index (χ3v) is 2.44. The third-order valence-electron chi connectivity index (χ3n) is 2.44. The summed E-state index contributed by atoms with van der Waals surface area (Å²) < 4.78 is 1.87. The Kier molecular flexibility index (Phi) is 4.82. The van der Waals surface area contributed by atoms with Crippen LogP contribution in [0.5, 0.6) is 0 Å². The Bertz CT molecular complexity index is 278. The molecule has 0 radical (unpaired) electrons. The smallest absolute Gasteiger partial charge is 0.0793 e. The van der Waals surface area contributed by atoms with Gasteiger partial charge in [-0.3, -0.25) is 4.68 Å². The molecule has 0 aliphatic rings. The second-order valence-electron chi connectivity index (χ2n) is 4.55. The zero-order valence-electron chi connectivity index (χ0n) is 10.3. The summed E-state index contributed by atoms with van der Waals surface area (Å²) in [5.74, 6) is 0.696. The zero-order chi connectivity index (χ0) is 11.3. The molecule has 0 saturated heterocycles. The summed E-state index contributed by atoms with van der Waals surface area (Å²) in [5.41, 5.74) is 1.17. The first-order valence-electron chi connectivity index (χ1n) is 5.86. The summed E-state index contributed by atoms with van der Waals surface area (Å²) in [5, 5.41) is 8.03. The molecule has 1 aromatic rings. The summed E-state index contributed by atoms with van der Waals surface area (Å²) in [6, 6.07) is 2.52. The summed E-state index contributed by atoms with van der Waals surface area (Å²) in [6.07, 6.45) is 4.33. The molecule has 1 heterocycles. The molecule has 0 bridgehead atoms. The normalized spacial score (nSPS) is 13.4. The van der Waals surface area contributed by atoms with E-state index in [9.17, 15) is 0 Å². The van der Waals surface area contributed by atoms with E-state index in [1.165, 1.54) is 12.1 Å². The SMILES string of the molecule is CCCNC(CC(C)C)c1ccn(C)n1. The van der Waals surface area contributed by atoms with E-state index in [-0.39, 0.29) is 0 Å². The van der Waals surface area contributed by atoms with Crippen molar-refractivity contribution < 1.29 is 0 Å². The number of aryl methyl sites for hydroxylation is 1. The number of nitrogens with one attached hydrogen (secondary N) is 1. The van der Waals surface area contributed by atoms with Crippen molar-refractivity contribution in [3.8, 4) is 0 Å². The lowest BCUT2D eigenvalue weighted by molar-refractivity contribution is 0.420. The van der Waals surface area contributed by atoms with Gasteiger partial charge in [-0.2, -0.15) is 5.10 Å². The van der Waals surface area contributed by atoms with Crippen molar-refractivity contribution in [3.63, 3.8) is 0 Å². The standard InChI is InChI=1S/C12H23N3/c1-5-7-13-12(9-10(2)3)11-6-8-15(4)14-11/h6,8,10,12-13H,5,7,9H2,1-4H3. The van der Waals surface area contributed by atoms with Gasteiger partial charge in [0, 0.05) is 13.2 Å². The first-order valence-corrected chi connectivity index (χ1v) is 5.86. The van der Waals surface area contributed by atoms with E-state index in [1.807, 2.05) is 17.9 Å². The Morgan fingerprint density at radius 3 is 2.67 bits per heavy atom. The molecule has 0 fully saturated rings. The van der Waals surface area contributed by atoms with E-state index in [2.05, 4.69) is 37.3 Å². The van der Waals surface area contributed by atoms with Gasteiger partial charge >= 0.3 is 0 Å². The average Bonchev–Trinajstić information content (AvgIpc) is 2.58. The van der Waals surface area contributed by atoms with Gasteiger partial charge in [-0.05, 0) is 31.4 Å². The van der Waals surface area contributed by atoms with Crippen molar-refractivity contribution >= 4 is 0 Å². The predicted molar refractivity (Wildman–Crippen MR) is 63.7 cm³/mol. The van der Waals surface area contributed by atoms with E-state index in [4.69, 9.17) is 0 Å². The molecule has 1 unspecified atom stereocenters. The highest BCUT2D eigenvalue weighted by molar-refractivity contribution is 5.05. The zero-order valence-corrected chi connectivity index (χ0v) is 10.3. The molecule has 86 valence electrons. The topological polar surface area (TPSA) is 29.9 Å². The summed E-state index contributed by atoms with van der Waals surface area (Å²) in [4.78, 5) is 0. The Balaban J connectivity index is 2.62. The first-order chi connectivity index (χ1) is 7.13. The lowest BCUT2D eigenvalue weighted by Gasteiger charge is -2.18. The van der Waals surface area contributed by atoms with Crippen molar-refractivity contribution in [2.75, 3.05) is 6.54 Å². The third kappa shape index (κ3) is 4.04. The quantitative estimate of drug-likeness (QED) is 0.780. The summed E-state index contributed by atoms with van der Waals surface area (Å²) in [6.45, 7) is 7.76. The van der Waals surface area contributed by atoms with Crippen LogP contribution in [0.4, 0.5) is 0 Å². The van der Waals surface area contributed by atoms with Crippen LogP contribution in [0.1, 0.15) is 45.3 Å². The van der Waals surface area contributed by atoms with Crippen molar-refractivity contribution in [1.82, 2.24) is 15.1 Å². The highest BCUT2D eigenvalue weighted by Crippen LogP contribution is 2.19. The molecule has 1 aromatic heterocycles. The van der Waals surface area contributed by atoms with Crippen LogP contribution in [-0.4, -0.2) is 16.3 Å². The summed E-state index contributed by atoms with van der Waals surface area (Å²) in [7, 11) is 1.97. The maximum Gasteiger partial charge on any atom is 0.0793 e. The van der Waals surface area contributed by atoms with E-state index >= 15 is 0 Å². The average molecular weight is 209 g/mol. The highest BCUT2D eigenvalue weighted by atomic mass is 15.3. The van der Waals surface area contributed by atoms with Gasteiger partial charge < -0.3 is 5.32 Å². The lowest BCUT2D eigenvalue weighted by atomic mass is 10.0. The van der Waals surface area contributed by atoms with Crippen LogP contribution in [0.2, 0.25) is 0 Å². The largest absolute Gasteiger partial charge is 0.309 e. The molecule has 15 heavy (non-hydrogen) atoms. The first kappa shape index (κ1) is 12.2. The number of hydrogen-bond donors (Lipinski definition) is 1. The Hall–Kier alpha value is -0.830. The number of nitrogens with zero attached hydrogens (tertiary/aromatic N) is 2. The molecule has 0 amide bonds. The second kappa shape index (κ2) is 5.91. The monoisotopic (exact) mass is 209 g/mol. The molecular weight excluding hydrogens is 186 g/mol. The Morgan fingerprint density at radius 2 is 2.20 bits per heavy atom. The second-order valence-corrected chi connectivity index (χ2v) is 4.55. The van der Waals surface area contributed by atoms with Crippen LogP contribution >= 0.6 is 0 Å². The number of aromatic nitrogens is 2. The van der Waals surface area contributed by atoms with Crippen molar-refractivity contribution in [2.45, 2.75) is 39.7 Å². The molecule has 3 heteroatoms. The Labute approximate surface area is 92.9 Å². The molecule has 3 nitrogen and oxygen atoms in total. The van der Waals surface area contributed by atoms with Gasteiger partial charge in [-0.15, -0.1) is 0 Å². The fourth-order valence-electron chi connectivity index (χ4n) is 1.72. The van der Waals surface area contributed by atoms with Crippen LogP contribution in [0, 0.1) is 5.92 Å². The Morgan fingerprint density at radius 1 is 1.47 bits per heavy atom. The highest BCUT2D eigenvalue weighted by Gasteiger charge is 2.14. The molecule has 0 saturated carbocycles. The van der Waals surface area contributed by atoms with Crippen LogP contribution in [0.15, 0.2) is 12.3 Å². The molecule has 0 aliphatic carbocycles. The van der Waals surface area contributed by atoms with Gasteiger partial charge in [0.1, 0.15) is 0 Å².